The molecule has 0 radical (unpaired) electrons. The first-order valence-corrected chi connectivity index (χ1v) is 11.1. The highest BCUT2D eigenvalue weighted by Crippen LogP contribution is 2.30. The molecule has 0 saturated carbocycles. The Labute approximate surface area is 185 Å². The number of amides is 1. The molecule has 0 spiro atoms. The number of amidine groups is 1. The number of Topliss-reactive ketones (excluding diaryl/α,β-unsaturated/α-hetero) is 1. The number of anilines is 1. The molecule has 4 rings (SSSR count). The van der Waals surface area contributed by atoms with E-state index < -0.39 is 5.82 Å². The topological polar surface area (TPSA) is 49.7 Å². The Morgan fingerprint density at radius 2 is 1.83 bits per heavy atom. The van der Waals surface area contributed by atoms with Crippen LogP contribution in [0.5, 0.6) is 0 Å². The maximum atomic E-state index is 13.4. The van der Waals surface area contributed by atoms with E-state index in [0.717, 1.165) is 17.3 Å². The van der Waals surface area contributed by atoms with Crippen molar-refractivity contribution in [2.75, 3.05) is 10.7 Å². The monoisotopic (exact) mass is 456 g/mol. The Morgan fingerprint density at radius 3 is 2.50 bits per heavy atom. The van der Waals surface area contributed by atoms with Crippen LogP contribution in [0.3, 0.4) is 0 Å². The molecule has 2 aromatic carbocycles. The normalized spacial score (nSPS) is 15.0. The first-order chi connectivity index (χ1) is 14.5. The summed E-state index contributed by atoms with van der Waals surface area (Å²) in [5.74, 6) is -0.744. The number of aliphatic imine (C=N–C) groups is 1. The van der Waals surface area contributed by atoms with Crippen LogP contribution < -0.4 is 4.90 Å². The molecule has 1 aliphatic rings. The summed E-state index contributed by atoms with van der Waals surface area (Å²) < 4.78 is 13.9. The molecule has 0 aliphatic carbocycles. The van der Waals surface area contributed by atoms with Crippen molar-refractivity contribution < 1.29 is 14.0 Å². The van der Waals surface area contributed by atoms with Crippen LogP contribution in [0.4, 0.5) is 10.1 Å². The largest absolute Gasteiger partial charge is 0.292 e. The third-order valence-electron chi connectivity index (χ3n) is 4.20. The lowest BCUT2D eigenvalue weighted by Crippen LogP contribution is -2.30. The summed E-state index contributed by atoms with van der Waals surface area (Å²) in [6.45, 7) is 0. The van der Waals surface area contributed by atoms with Gasteiger partial charge in [-0.1, -0.05) is 53.7 Å². The first kappa shape index (κ1) is 20.5. The molecule has 0 N–H and O–H groups in total. The summed E-state index contributed by atoms with van der Waals surface area (Å²) in [6, 6.07) is 18.3. The standard InChI is InChI=1S/C22H14ClFN2O2S2/c23-20-11-10-19(30-20)18(27)13-29-22-25-17(12-14-4-2-1-3-5-14)21(28)26(22)16-8-6-15(24)7-9-16/h1-12H,13H2/b17-12+. The molecule has 150 valence electrons. The van der Waals surface area contributed by atoms with E-state index in [2.05, 4.69) is 4.99 Å². The summed E-state index contributed by atoms with van der Waals surface area (Å²) >= 11 is 8.27. The van der Waals surface area contributed by atoms with Gasteiger partial charge in [0.05, 0.1) is 20.7 Å². The predicted octanol–water partition coefficient (Wildman–Crippen LogP) is 5.90. The van der Waals surface area contributed by atoms with Crippen molar-refractivity contribution in [2.24, 2.45) is 4.99 Å². The Kier molecular flexibility index (Phi) is 6.13. The maximum absolute atomic E-state index is 13.4. The van der Waals surface area contributed by atoms with Gasteiger partial charge in [-0.05, 0) is 48.0 Å². The molecular formula is C22H14ClFN2O2S2. The fourth-order valence-electron chi connectivity index (χ4n) is 2.78. The van der Waals surface area contributed by atoms with Crippen molar-refractivity contribution in [1.29, 1.82) is 0 Å². The molecular weight excluding hydrogens is 443 g/mol. The number of thioether (sulfide) groups is 1. The van der Waals surface area contributed by atoms with E-state index >= 15 is 0 Å². The highest BCUT2D eigenvalue weighted by molar-refractivity contribution is 8.14. The van der Waals surface area contributed by atoms with Crippen molar-refractivity contribution in [3.63, 3.8) is 0 Å². The first-order valence-electron chi connectivity index (χ1n) is 8.88. The summed E-state index contributed by atoms with van der Waals surface area (Å²) in [5.41, 5.74) is 1.56. The van der Waals surface area contributed by atoms with Crippen LogP contribution in [0, 0.1) is 5.82 Å². The molecule has 1 aromatic heterocycles. The fourth-order valence-corrected chi connectivity index (χ4v) is 4.75. The van der Waals surface area contributed by atoms with E-state index in [0.29, 0.717) is 20.1 Å². The number of benzene rings is 2. The molecule has 30 heavy (non-hydrogen) atoms. The van der Waals surface area contributed by atoms with E-state index in [4.69, 9.17) is 11.6 Å². The second-order valence-corrected chi connectivity index (χ2v) is 8.92. The quantitative estimate of drug-likeness (QED) is 0.354. The number of halogens is 2. The number of rotatable bonds is 5. The zero-order valence-corrected chi connectivity index (χ0v) is 17.8. The molecule has 1 amide bonds. The summed E-state index contributed by atoms with van der Waals surface area (Å²) in [4.78, 5) is 31.9. The third kappa shape index (κ3) is 4.53. The van der Waals surface area contributed by atoms with Crippen molar-refractivity contribution in [3.8, 4) is 0 Å². The molecule has 0 unspecified atom stereocenters. The van der Waals surface area contributed by atoms with Gasteiger partial charge in [0.25, 0.3) is 5.91 Å². The molecule has 4 nitrogen and oxygen atoms in total. The van der Waals surface area contributed by atoms with Gasteiger partial charge in [0.1, 0.15) is 11.5 Å². The number of carbonyl (C=O) groups is 2. The second kappa shape index (κ2) is 8.95. The third-order valence-corrected chi connectivity index (χ3v) is 6.41. The lowest BCUT2D eigenvalue weighted by molar-refractivity contribution is -0.113. The molecule has 2 heterocycles. The zero-order chi connectivity index (χ0) is 21.1. The van der Waals surface area contributed by atoms with Crippen molar-refractivity contribution in [1.82, 2.24) is 0 Å². The van der Waals surface area contributed by atoms with Gasteiger partial charge in [0.2, 0.25) is 0 Å². The van der Waals surface area contributed by atoms with E-state index in [9.17, 15) is 14.0 Å². The van der Waals surface area contributed by atoms with Gasteiger partial charge in [-0.25, -0.2) is 9.38 Å². The summed E-state index contributed by atoms with van der Waals surface area (Å²) in [6.07, 6.45) is 1.69. The molecule has 3 aromatic rings. The van der Waals surface area contributed by atoms with Gasteiger partial charge >= 0.3 is 0 Å². The molecule has 8 heteroatoms. The van der Waals surface area contributed by atoms with E-state index in [1.165, 1.54) is 40.5 Å². The van der Waals surface area contributed by atoms with Crippen LogP contribution in [-0.4, -0.2) is 22.6 Å². The van der Waals surface area contributed by atoms with Crippen LogP contribution >= 0.6 is 34.7 Å². The van der Waals surface area contributed by atoms with Gasteiger partial charge in [-0.2, -0.15) is 0 Å². The van der Waals surface area contributed by atoms with Crippen LogP contribution in [0.2, 0.25) is 4.34 Å². The number of hydrogen-bond acceptors (Lipinski definition) is 5. The summed E-state index contributed by atoms with van der Waals surface area (Å²) in [5, 5.41) is 0.366. The molecule has 0 bridgehead atoms. The Morgan fingerprint density at radius 1 is 1.10 bits per heavy atom. The van der Waals surface area contributed by atoms with Crippen LogP contribution in [0.25, 0.3) is 6.08 Å². The number of hydrogen-bond donors (Lipinski definition) is 0. The van der Waals surface area contributed by atoms with E-state index in [-0.39, 0.29) is 23.1 Å². The Balaban J connectivity index is 1.62. The van der Waals surface area contributed by atoms with Gasteiger partial charge in [-0.15, -0.1) is 11.3 Å². The number of ketones is 1. The predicted molar refractivity (Wildman–Crippen MR) is 122 cm³/mol. The minimum Gasteiger partial charge on any atom is -0.292 e. The molecule has 0 atom stereocenters. The number of thiophene rings is 1. The zero-order valence-electron chi connectivity index (χ0n) is 15.4. The maximum Gasteiger partial charge on any atom is 0.283 e. The smallest absolute Gasteiger partial charge is 0.283 e. The van der Waals surface area contributed by atoms with Crippen LogP contribution in [-0.2, 0) is 4.79 Å². The van der Waals surface area contributed by atoms with E-state index in [1.54, 1.807) is 18.2 Å². The van der Waals surface area contributed by atoms with Gasteiger partial charge < -0.3 is 0 Å². The highest BCUT2D eigenvalue weighted by atomic mass is 35.5. The van der Waals surface area contributed by atoms with Gasteiger partial charge in [-0.3, -0.25) is 14.5 Å². The minimum absolute atomic E-state index is 0.0965. The fraction of sp³-hybridized carbons (Fsp3) is 0.0455. The average Bonchev–Trinajstić information content (AvgIpc) is 3.31. The van der Waals surface area contributed by atoms with Gasteiger partial charge in [0.15, 0.2) is 11.0 Å². The Bertz CT molecular complexity index is 1160. The van der Waals surface area contributed by atoms with E-state index in [1.807, 2.05) is 30.3 Å². The van der Waals surface area contributed by atoms with Crippen molar-refractivity contribution in [3.05, 3.63) is 93.0 Å². The average molecular weight is 457 g/mol. The molecule has 0 saturated heterocycles. The Hall–Kier alpha value is -2.74. The lowest BCUT2D eigenvalue weighted by atomic mass is 10.2. The molecule has 0 fully saturated rings. The molecule has 1 aliphatic heterocycles. The summed E-state index contributed by atoms with van der Waals surface area (Å²) in [7, 11) is 0. The lowest BCUT2D eigenvalue weighted by Gasteiger charge is -2.17. The van der Waals surface area contributed by atoms with Crippen LogP contribution in [0.15, 0.2) is 77.4 Å². The minimum atomic E-state index is -0.402. The number of nitrogens with zero attached hydrogens (tertiary/aromatic N) is 2. The van der Waals surface area contributed by atoms with Crippen molar-refractivity contribution in [2.45, 2.75) is 0 Å². The van der Waals surface area contributed by atoms with Gasteiger partial charge in [0, 0.05) is 0 Å². The van der Waals surface area contributed by atoms with Crippen molar-refractivity contribution >= 4 is 63.3 Å². The number of carbonyl (C=O) groups excluding carboxylic acids is 2. The highest BCUT2D eigenvalue weighted by Gasteiger charge is 2.32. The SMILES string of the molecule is O=C(CSC1=N/C(=C/c2ccccc2)C(=O)N1c1ccc(F)cc1)c1ccc(Cl)s1. The van der Waals surface area contributed by atoms with Crippen LogP contribution in [0.1, 0.15) is 15.2 Å². The second-order valence-electron chi connectivity index (χ2n) is 6.27.